The first-order valence-electron chi connectivity index (χ1n) is 6.47. The Morgan fingerprint density at radius 1 is 1.50 bits per heavy atom. The number of hydrogen-bond acceptors (Lipinski definition) is 3. The van der Waals surface area contributed by atoms with Crippen LogP contribution in [0, 0.1) is 5.92 Å². The van der Waals surface area contributed by atoms with Gasteiger partial charge in [0.1, 0.15) is 5.75 Å². The van der Waals surface area contributed by atoms with Gasteiger partial charge in [-0.15, -0.1) is 12.4 Å². The van der Waals surface area contributed by atoms with Crippen LogP contribution in [-0.2, 0) is 0 Å². The lowest BCUT2D eigenvalue weighted by atomic mass is 9.94. The van der Waals surface area contributed by atoms with Crippen molar-refractivity contribution in [3.8, 4) is 5.75 Å². The van der Waals surface area contributed by atoms with Gasteiger partial charge < -0.3 is 15.4 Å². The highest BCUT2D eigenvalue weighted by molar-refractivity contribution is 6.31. The smallest absolute Gasteiger partial charge is 0.255 e. The first-order valence-corrected chi connectivity index (χ1v) is 6.84. The molecule has 1 saturated heterocycles. The van der Waals surface area contributed by atoms with Gasteiger partial charge in [0.2, 0.25) is 0 Å². The zero-order valence-corrected chi connectivity index (χ0v) is 13.2. The average molecular weight is 319 g/mol. The van der Waals surface area contributed by atoms with Crippen molar-refractivity contribution >= 4 is 29.9 Å². The molecule has 1 aliphatic heterocycles. The van der Waals surface area contributed by atoms with Gasteiger partial charge in [-0.2, -0.15) is 0 Å². The molecule has 4 nitrogen and oxygen atoms in total. The van der Waals surface area contributed by atoms with Crippen molar-refractivity contribution in [1.82, 2.24) is 10.6 Å². The van der Waals surface area contributed by atoms with Gasteiger partial charge in [0.25, 0.3) is 5.91 Å². The van der Waals surface area contributed by atoms with Crippen molar-refractivity contribution in [2.75, 3.05) is 20.2 Å². The molecule has 2 unspecified atom stereocenters. The number of piperidine rings is 1. The Hall–Kier alpha value is -0.970. The topological polar surface area (TPSA) is 50.4 Å². The molecule has 0 aromatic heterocycles. The molecule has 2 N–H and O–H groups in total. The van der Waals surface area contributed by atoms with E-state index in [0.29, 0.717) is 22.3 Å². The number of carbonyl (C=O) groups is 1. The van der Waals surface area contributed by atoms with Gasteiger partial charge in [-0.1, -0.05) is 18.5 Å². The maximum atomic E-state index is 12.3. The van der Waals surface area contributed by atoms with E-state index in [0.717, 1.165) is 19.5 Å². The Balaban J connectivity index is 0.00000200. The first kappa shape index (κ1) is 17.1. The molecule has 1 aliphatic rings. The van der Waals surface area contributed by atoms with Crippen LogP contribution in [0.15, 0.2) is 18.2 Å². The molecule has 20 heavy (non-hydrogen) atoms. The summed E-state index contributed by atoms with van der Waals surface area (Å²) in [5.74, 6) is 0.869. The van der Waals surface area contributed by atoms with Gasteiger partial charge in [-0.25, -0.2) is 0 Å². The van der Waals surface area contributed by atoms with E-state index in [4.69, 9.17) is 16.3 Å². The Bertz CT molecular complexity index is 468. The van der Waals surface area contributed by atoms with Crippen LogP contribution in [-0.4, -0.2) is 32.1 Å². The number of ether oxygens (including phenoxy) is 1. The molecule has 1 fully saturated rings. The van der Waals surface area contributed by atoms with Crippen molar-refractivity contribution in [3.63, 3.8) is 0 Å². The molecule has 112 valence electrons. The standard InChI is InChI=1S/C14H19ClN2O2.ClH/c1-9-5-6-16-8-12(9)17-14(18)11-7-10(15)3-4-13(11)19-2;/h3-4,7,9,12,16H,5-6,8H2,1-2H3,(H,17,18);1H. The van der Waals surface area contributed by atoms with E-state index >= 15 is 0 Å². The molecular weight excluding hydrogens is 299 g/mol. The van der Waals surface area contributed by atoms with Crippen LogP contribution in [0.1, 0.15) is 23.7 Å². The van der Waals surface area contributed by atoms with Crippen LogP contribution in [0.5, 0.6) is 5.75 Å². The lowest BCUT2D eigenvalue weighted by Crippen LogP contribution is -2.50. The highest BCUT2D eigenvalue weighted by Gasteiger charge is 2.24. The quantitative estimate of drug-likeness (QED) is 0.900. The highest BCUT2D eigenvalue weighted by Crippen LogP contribution is 2.23. The largest absolute Gasteiger partial charge is 0.496 e. The van der Waals surface area contributed by atoms with Crippen molar-refractivity contribution < 1.29 is 9.53 Å². The number of benzene rings is 1. The van der Waals surface area contributed by atoms with Crippen molar-refractivity contribution in [2.45, 2.75) is 19.4 Å². The molecule has 2 rings (SSSR count). The summed E-state index contributed by atoms with van der Waals surface area (Å²) in [6.45, 7) is 3.96. The summed E-state index contributed by atoms with van der Waals surface area (Å²) in [5, 5.41) is 6.87. The molecule has 2 atom stereocenters. The predicted molar refractivity (Wildman–Crippen MR) is 83.2 cm³/mol. The molecule has 0 saturated carbocycles. The number of amides is 1. The molecule has 0 bridgehead atoms. The van der Waals surface area contributed by atoms with E-state index in [1.54, 1.807) is 25.3 Å². The van der Waals surface area contributed by atoms with Gasteiger partial charge >= 0.3 is 0 Å². The summed E-state index contributed by atoms with van der Waals surface area (Å²) in [4.78, 5) is 12.3. The van der Waals surface area contributed by atoms with E-state index in [2.05, 4.69) is 17.6 Å². The van der Waals surface area contributed by atoms with Crippen LogP contribution in [0.2, 0.25) is 5.02 Å². The third-order valence-corrected chi connectivity index (χ3v) is 3.79. The number of hydrogen-bond donors (Lipinski definition) is 2. The second-order valence-electron chi connectivity index (χ2n) is 4.89. The third kappa shape index (κ3) is 4.01. The van der Waals surface area contributed by atoms with Crippen LogP contribution in [0.3, 0.4) is 0 Å². The summed E-state index contributed by atoms with van der Waals surface area (Å²) in [7, 11) is 1.55. The van der Waals surface area contributed by atoms with Crippen LogP contribution < -0.4 is 15.4 Å². The fourth-order valence-corrected chi connectivity index (χ4v) is 2.46. The maximum Gasteiger partial charge on any atom is 0.255 e. The van der Waals surface area contributed by atoms with Crippen molar-refractivity contribution in [2.24, 2.45) is 5.92 Å². The lowest BCUT2D eigenvalue weighted by Gasteiger charge is -2.30. The number of nitrogens with one attached hydrogen (secondary N) is 2. The van der Waals surface area contributed by atoms with Gasteiger partial charge in [-0.05, 0) is 37.1 Å². The fourth-order valence-electron chi connectivity index (χ4n) is 2.29. The zero-order chi connectivity index (χ0) is 13.8. The van der Waals surface area contributed by atoms with E-state index in [9.17, 15) is 4.79 Å². The zero-order valence-electron chi connectivity index (χ0n) is 11.6. The summed E-state index contributed by atoms with van der Waals surface area (Å²) in [6, 6.07) is 5.20. The molecule has 0 spiro atoms. The molecule has 1 amide bonds. The molecule has 1 heterocycles. The Kier molecular flexibility index (Phi) is 6.59. The molecule has 6 heteroatoms. The van der Waals surface area contributed by atoms with Gasteiger partial charge in [0, 0.05) is 17.6 Å². The lowest BCUT2D eigenvalue weighted by molar-refractivity contribution is 0.0912. The molecule has 0 aliphatic carbocycles. The second kappa shape index (κ2) is 7.72. The predicted octanol–water partition coefficient (Wildman–Crippen LogP) is 2.50. The van der Waals surface area contributed by atoms with Crippen LogP contribution in [0.25, 0.3) is 0 Å². The number of methoxy groups -OCH3 is 1. The van der Waals surface area contributed by atoms with Crippen molar-refractivity contribution in [3.05, 3.63) is 28.8 Å². The van der Waals surface area contributed by atoms with E-state index in [-0.39, 0.29) is 24.4 Å². The Morgan fingerprint density at radius 3 is 2.90 bits per heavy atom. The van der Waals surface area contributed by atoms with E-state index in [1.807, 2.05) is 0 Å². The SMILES string of the molecule is COc1ccc(Cl)cc1C(=O)NC1CNCCC1C.Cl. The van der Waals surface area contributed by atoms with Crippen LogP contribution in [0.4, 0.5) is 0 Å². The fraction of sp³-hybridized carbons (Fsp3) is 0.500. The number of rotatable bonds is 3. The summed E-state index contributed by atoms with van der Waals surface area (Å²) in [5.41, 5.74) is 0.479. The van der Waals surface area contributed by atoms with Gasteiger partial charge in [0.15, 0.2) is 0 Å². The molecular formula is C14H20Cl2N2O2. The third-order valence-electron chi connectivity index (χ3n) is 3.55. The minimum Gasteiger partial charge on any atom is -0.496 e. The minimum atomic E-state index is -0.139. The van der Waals surface area contributed by atoms with E-state index in [1.165, 1.54) is 0 Å². The number of halogens is 2. The molecule has 1 aromatic carbocycles. The Morgan fingerprint density at radius 2 is 2.25 bits per heavy atom. The average Bonchev–Trinajstić information content (AvgIpc) is 2.41. The Labute approximate surface area is 130 Å². The molecule has 0 radical (unpaired) electrons. The summed E-state index contributed by atoms with van der Waals surface area (Å²) < 4.78 is 5.20. The normalized spacial score (nSPS) is 21.8. The highest BCUT2D eigenvalue weighted by atomic mass is 35.5. The summed E-state index contributed by atoms with van der Waals surface area (Å²) in [6.07, 6.45) is 1.07. The molecule has 1 aromatic rings. The first-order chi connectivity index (χ1) is 9.11. The van der Waals surface area contributed by atoms with E-state index < -0.39 is 0 Å². The van der Waals surface area contributed by atoms with Gasteiger partial charge in [-0.3, -0.25) is 4.79 Å². The second-order valence-corrected chi connectivity index (χ2v) is 5.33. The van der Waals surface area contributed by atoms with Crippen molar-refractivity contribution in [1.29, 1.82) is 0 Å². The summed E-state index contributed by atoms with van der Waals surface area (Å²) >= 11 is 5.94. The maximum absolute atomic E-state index is 12.3. The van der Waals surface area contributed by atoms with Gasteiger partial charge in [0.05, 0.1) is 12.7 Å². The monoisotopic (exact) mass is 318 g/mol. The number of carbonyl (C=O) groups excluding carboxylic acids is 1. The van der Waals surface area contributed by atoms with Crippen LogP contribution >= 0.6 is 24.0 Å². The minimum absolute atomic E-state index is 0.